The van der Waals surface area contributed by atoms with Gasteiger partial charge in [0.05, 0.1) is 11.4 Å². The third kappa shape index (κ3) is 3.71. The number of aromatic nitrogens is 3. The van der Waals surface area contributed by atoms with Crippen molar-refractivity contribution in [2.45, 2.75) is 23.7 Å². The first-order valence-electron chi connectivity index (χ1n) is 6.72. The molecule has 0 fully saturated rings. The zero-order chi connectivity index (χ0) is 15.4. The summed E-state index contributed by atoms with van der Waals surface area (Å²) in [6.45, 7) is 2.05. The molecule has 114 valence electrons. The van der Waals surface area contributed by atoms with E-state index in [1.165, 1.54) is 4.88 Å². The number of nitrogens with zero attached hydrogens (tertiary/aromatic N) is 3. The van der Waals surface area contributed by atoms with Gasteiger partial charge in [0, 0.05) is 16.2 Å². The van der Waals surface area contributed by atoms with E-state index in [1.54, 1.807) is 34.9 Å². The van der Waals surface area contributed by atoms with Crippen LogP contribution in [0.3, 0.4) is 0 Å². The lowest BCUT2D eigenvalue weighted by atomic mass is 10.2. The third-order valence-corrected chi connectivity index (χ3v) is 5.73. The molecular formula is C15H15N3OS3. The van der Waals surface area contributed by atoms with Crippen molar-refractivity contribution < 1.29 is 4.42 Å². The molecule has 3 rings (SSSR count). The zero-order valence-corrected chi connectivity index (χ0v) is 14.7. The Morgan fingerprint density at radius 2 is 1.95 bits per heavy atom. The largest absolute Gasteiger partial charge is 0.415 e. The lowest BCUT2D eigenvalue weighted by Gasteiger charge is -1.94. The monoisotopic (exact) mass is 349 g/mol. The van der Waals surface area contributed by atoms with Crippen molar-refractivity contribution in [1.82, 2.24) is 15.2 Å². The van der Waals surface area contributed by atoms with Crippen LogP contribution in [-0.4, -0.2) is 21.4 Å². The van der Waals surface area contributed by atoms with Crippen LogP contribution in [0.4, 0.5) is 0 Å². The normalized spacial score (nSPS) is 11.0. The molecule has 2 aromatic heterocycles. The highest BCUT2D eigenvalue weighted by Gasteiger charge is 2.12. The lowest BCUT2D eigenvalue weighted by molar-refractivity contribution is 0.426. The fraction of sp³-hybridized carbons (Fsp3) is 0.267. The van der Waals surface area contributed by atoms with Crippen LogP contribution in [0.2, 0.25) is 0 Å². The molecule has 2 heterocycles. The van der Waals surface area contributed by atoms with Gasteiger partial charge < -0.3 is 4.42 Å². The molecule has 22 heavy (non-hydrogen) atoms. The lowest BCUT2D eigenvalue weighted by Crippen LogP contribution is -1.80. The van der Waals surface area contributed by atoms with E-state index in [2.05, 4.69) is 27.3 Å². The van der Waals surface area contributed by atoms with Crippen molar-refractivity contribution >= 4 is 34.9 Å². The van der Waals surface area contributed by atoms with E-state index in [4.69, 9.17) is 4.42 Å². The molecule has 0 saturated carbocycles. The zero-order valence-electron chi connectivity index (χ0n) is 12.3. The van der Waals surface area contributed by atoms with E-state index in [1.807, 2.05) is 31.4 Å². The van der Waals surface area contributed by atoms with E-state index in [-0.39, 0.29) is 0 Å². The van der Waals surface area contributed by atoms with Crippen molar-refractivity contribution in [3.63, 3.8) is 0 Å². The summed E-state index contributed by atoms with van der Waals surface area (Å²) in [5.74, 6) is 2.24. The van der Waals surface area contributed by atoms with E-state index < -0.39 is 0 Å². The summed E-state index contributed by atoms with van der Waals surface area (Å²) in [4.78, 5) is 5.91. The molecule has 0 bridgehead atoms. The highest BCUT2D eigenvalue weighted by Crippen LogP contribution is 2.32. The molecular weight excluding hydrogens is 334 g/mol. The second kappa shape index (κ2) is 7.30. The van der Waals surface area contributed by atoms with Gasteiger partial charge in [0.25, 0.3) is 5.22 Å². The van der Waals surface area contributed by atoms with E-state index >= 15 is 0 Å². The number of rotatable bonds is 6. The molecule has 0 N–H and O–H groups in total. The maximum absolute atomic E-state index is 5.58. The van der Waals surface area contributed by atoms with Crippen LogP contribution in [0, 0.1) is 6.92 Å². The Bertz CT molecular complexity index is 740. The van der Waals surface area contributed by atoms with Crippen LogP contribution in [-0.2, 0) is 11.5 Å². The molecule has 0 spiro atoms. The minimum atomic E-state index is 0.623. The van der Waals surface area contributed by atoms with Gasteiger partial charge in [0.15, 0.2) is 0 Å². The molecule has 0 radical (unpaired) electrons. The van der Waals surface area contributed by atoms with Crippen molar-refractivity contribution in [3.8, 4) is 10.6 Å². The number of thioether (sulfide) groups is 2. The second-order valence-corrected chi connectivity index (χ2v) is 7.45. The molecule has 3 aromatic rings. The highest BCUT2D eigenvalue weighted by molar-refractivity contribution is 7.98. The van der Waals surface area contributed by atoms with E-state index in [9.17, 15) is 0 Å². The van der Waals surface area contributed by atoms with Crippen LogP contribution in [0.15, 0.2) is 40.0 Å². The average molecular weight is 350 g/mol. The van der Waals surface area contributed by atoms with Gasteiger partial charge in [-0.25, -0.2) is 4.98 Å². The summed E-state index contributed by atoms with van der Waals surface area (Å²) in [6, 6.07) is 10.3. The smallest absolute Gasteiger partial charge is 0.276 e. The first-order valence-corrected chi connectivity index (χ1v) is 9.91. The molecule has 0 aliphatic carbocycles. The standard InChI is InChI=1S/C15H15N3OS3/c1-10-12(8-21-15-18-17-13(19-15)9-20-2)22-14(16-10)11-6-4-3-5-7-11/h3-7H,8-9H2,1-2H3. The van der Waals surface area contributed by atoms with Gasteiger partial charge in [-0.3, -0.25) is 0 Å². The summed E-state index contributed by atoms with van der Waals surface area (Å²) in [5, 5.41) is 9.77. The summed E-state index contributed by atoms with van der Waals surface area (Å²) in [5.41, 5.74) is 2.23. The summed E-state index contributed by atoms with van der Waals surface area (Å²) in [6.07, 6.45) is 2.02. The molecule has 0 aliphatic rings. The first kappa shape index (κ1) is 15.6. The molecule has 0 saturated heterocycles. The highest BCUT2D eigenvalue weighted by atomic mass is 32.2. The fourth-order valence-corrected chi connectivity index (χ4v) is 4.23. The van der Waals surface area contributed by atoms with Gasteiger partial charge in [0.2, 0.25) is 5.89 Å². The summed E-state index contributed by atoms with van der Waals surface area (Å²) >= 11 is 4.96. The van der Waals surface area contributed by atoms with Crippen LogP contribution in [0.5, 0.6) is 0 Å². The minimum absolute atomic E-state index is 0.623. The SMILES string of the molecule is CSCc1nnc(SCc2sc(-c3ccccc3)nc2C)o1. The van der Waals surface area contributed by atoms with Crippen molar-refractivity contribution in [2.75, 3.05) is 6.26 Å². The molecule has 1 aromatic carbocycles. The van der Waals surface area contributed by atoms with Crippen LogP contribution in [0.1, 0.15) is 16.5 Å². The first-order chi connectivity index (χ1) is 10.8. The number of aryl methyl sites for hydroxylation is 1. The Morgan fingerprint density at radius 1 is 1.14 bits per heavy atom. The third-order valence-electron chi connectivity index (χ3n) is 2.96. The Morgan fingerprint density at radius 3 is 2.73 bits per heavy atom. The van der Waals surface area contributed by atoms with E-state index in [0.717, 1.165) is 27.8 Å². The molecule has 7 heteroatoms. The Hall–Kier alpha value is -1.31. The van der Waals surface area contributed by atoms with Gasteiger partial charge in [-0.05, 0) is 13.2 Å². The van der Waals surface area contributed by atoms with Gasteiger partial charge in [0.1, 0.15) is 5.01 Å². The summed E-state index contributed by atoms with van der Waals surface area (Å²) < 4.78 is 5.58. The number of thiazole rings is 1. The quantitative estimate of drug-likeness (QED) is 0.603. The summed E-state index contributed by atoms with van der Waals surface area (Å²) in [7, 11) is 0. The van der Waals surface area contributed by atoms with Gasteiger partial charge in [-0.15, -0.1) is 21.5 Å². The van der Waals surface area contributed by atoms with Crippen LogP contribution >= 0.6 is 34.9 Å². The van der Waals surface area contributed by atoms with Gasteiger partial charge in [-0.2, -0.15) is 11.8 Å². The van der Waals surface area contributed by atoms with Crippen LogP contribution < -0.4 is 0 Å². The van der Waals surface area contributed by atoms with Crippen molar-refractivity contribution in [3.05, 3.63) is 46.8 Å². The van der Waals surface area contributed by atoms with Crippen molar-refractivity contribution in [1.29, 1.82) is 0 Å². The predicted octanol–water partition coefficient (Wildman–Crippen LogP) is 4.66. The average Bonchev–Trinajstić information content (AvgIpc) is 3.13. The molecule has 0 atom stereocenters. The minimum Gasteiger partial charge on any atom is -0.415 e. The van der Waals surface area contributed by atoms with Crippen molar-refractivity contribution in [2.24, 2.45) is 0 Å². The Labute approximate surface area is 141 Å². The van der Waals surface area contributed by atoms with Gasteiger partial charge in [-0.1, -0.05) is 42.1 Å². The van der Waals surface area contributed by atoms with E-state index in [0.29, 0.717) is 11.1 Å². The molecule has 4 nitrogen and oxygen atoms in total. The molecule has 0 unspecified atom stereocenters. The van der Waals surface area contributed by atoms with Gasteiger partial charge >= 0.3 is 0 Å². The number of hydrogen-bond donors (Lipinski definition) is 0. The predicted molar refractivity (Wildman–Crippen MR) is 93.4 cm³/mol. The maximum Gasteiger partial charge on any atom is 0.276 e. The number of benzene rings is 1. The Balaban J connectivity index is 1.69. The topological polar surface area (TPSA) is 51.8 Å². The Kier molecular flexibility index (Phi) is 5.17. The maximum atomic E-state index is 5.58. The molecule has 0 aliphatic heterocycles. The fourth-order valence-electron chi connectivity index (χ4n) is 1.87. The second-order valence-electron chi connectivity index (χ2n) is 4.58. The number of hydrogen-bond acceptors (Lipinski definition) is 7. The van der Waals surface area contributed by atoms with Crippen LogP contribution in [0.25, 0.3) is 10.6 Å². The molecule has 0 amide bonds.